The molecule has 0 amide bonds. The summed E-state index contributed by atoms with van der Waals surface area (Å²) in [6.45, 7) is 10.0. The summed E-state index contributed by atoms with van der Waals surface area (Å²) < 4.78 is 0. The third kappa shape index (κ3) is 3.24. The maximum Gasteiger partial charge on any atom is 0.0579 e. The third-order valence-corrected chi connectivity index (χ3v) is 3.23. The Kier molecular flexibility index (Phi) is 4.36. The molecule has 0 spiro atoms. The molecule has 2 heteroatoms. The van der Waals surface area contributed by atoms with Crippen molar-refractivity contribution in [2.75, 3.05) is 18.0 Å². The molecule has 1 N–H and O–H groups in total. The summed E-state index contributed by atoms with van der Waals surface area (Å²) in [6, 6.07) is 10.3. The van der Waals surface area contributed by atoms with Crippen molar-refractivity contribution in [2.24, 2.45) is 5.41 Å². The van der Waals surface area contributed by atoms with Crippen LogP contribution in [0.5, 0.6) is 0 Å². The first-order chi connectivity index (χ1) is 7.47. The van der Waals surface area contributed by atoms with E-state index in [4.69, 9.17) is 0 Å². The summed E-state index contributed by atoms with van der Waals surface area (Å²) in [4.78, 5) is 2.30. The number of nitrogens with zero attached hydrogens (tertiary/aromatic N) is 1. The highest BCUT2D eigenvalue weighted by Crippen LogP contribution is 2.25. The van der Waals surface area contributed by atoms with Crippen LogP contribution < -0.4 is 4.90 Å². The molecule has 90 valence electrons. The minimum atomic E-state index is -0.301. The molecule has 1 rings (SSSR count). The molecule has 0 aromatic heterocycles. The lowest BCUT2D eigenvalue weighted by molar-refractivity contribution is 0.0711. The van der Waals surface area contributed by atoms with Gasteiger partial charge in [-0.2, -0.15) is 0 Å². The Morgan fingerprint density at radius 2 is 1.81 bits per heavy atom. The second kappa shape index (κ2) is 5.35. The molecule has 2 nitrogen and oxygen atoms in total. The van der Waals surface area contributed by atoms with Crippen LogP contribution in [0.2, 0.25) is 0 Å². The van der Waals surface area contributed by atoms with Gasteiger partial charge < -0.3 is 10.0 Å². The van der Waals surface area contributed by atoms with Crippen LogP contribution in [0.4, 0.5) is 5.69 Å². The van der Waals surface area contributed by atoms with Crippen LogP contribution in [0.1, 0.15) is 27.7 Å². The van der Waals surface area contributed by atoms with Crippen molar-refractivity contribution < 1.29 is 5.11 Å². The number of aliphatic hydroxyl groups excluding tert-OH is 1. The third-order valence-electron chi connectivity index (χ3n) is 3.23. The number of benzene rings is 1. The molecule has 0 fully saturated rings. The van der Waals surface area contributed by atoms with Crippen molar-refractivity contribution in [3.63, 3.8) is 0 Å². The van der Waals surface area contributed by atoms with E-state index in [0.29, 0.717) is 0 Å². The maximum absolute atomic E-state index is 9.74. The van der Waals surface area contributed by atoms with Gasteiger partial charge in [0, 0.05) is 24.2 Å². The zero-order valence-electron chi connectivity index (χ0n) is 10.8. The lowest BCUT2D eigenvalue weighted by atomic mass is 9.86. The average Bonchev–Trinajstić information content (AvgIpc) is 2.27. The molecule has 0 heterocycles. The predicted molar refractivity (Wildman–Crippen MR) is 69.8 cm³/mol. The molecule has 1 atom stereocenters. The predicted octanol–water partition coefficient (Wildman–Crippen LogP) is 2.92. The van der Waals surface area contributed by atoms with Gasteiger partial charge in [0.25, 0.3) is 0 Å². The van der Waals surface area contributed by atoms with Crippen LogP contribution in [-0.4, -0.2) is 24.3 Å². The van der Waals surface area contributed by atoms with E-state index in [-0.39, 0.29) is 11.5 Å². The van der Waals surface area contributed by atoms with E-state index in [1.54, 1.807) is 0 Å². The lowest BCUT2D eigenvalue weighted by Crippen LogP contribution is -2.40. The Hall–Kier alpha value is -1.02. The first-order valence-corrected chi connectivity index (χ1v) is 5.95. The Morgan fingerprint density at radius 1 is 1.25 bits per heavy atom. The Morgan fingerprint density at radius 3 is 2.25 bits per heavy atom. The summed E-state index contributed by atoms with van der Waals surface area (Å²) >= 11 is 0. The van der Waals surface area contributed by atoms with E-state index in [1.165, 1.54) is 5.69 Å². The summed E-state index contributed by atoms with van der Waals surface area (Å²) in [5.74, 6) is 0. The van der Waals surface area contributed by atoms with Gasteiger partial charge in [0.15, 0.2) is 0 Å². The number of anilines is 1. The molecule has 0 bridgehead atoms. The zero-order valence-corrected chi connectivity index (χ0v) is 10.8. The summed E-state index contributed by atoms with van der Waals surface area (Å²) in [7, 11) is 0. The van der Waals surface area contributed by atoms with Gasteiger partial charge in [0.05, 0.1) is 6.10 Å². The van der Waals surface area contributed by atoms with Crippen molar-refractivity contribution in [1.82, 2.24) is 0 Å². The van der Waals surface area contributed by atoms with Gasteiger partial charge >= 0.3 is 0 Å². The Bertz CT molecular complexity index is 306. The summed E-state index contributed by atoms with van der Waals surface area (Å²) in [5, 5.41) is 9.74. The van der Waals surface area contributed by atoms with Crippen LogP contribution >= 0.6 is 0 Å². The van der Waals surface area contributed by atoms with E-state index in [0.717, 1.165) is 13.1 Å². The normalized spacial score (nSPS) is 13.6. The largest absolute Gasteiger partial charge is 0.393 e. The van der Waals surface area contributed by atoms with E-state index < -0.39 is 0 Å². The van der Waals surface area contributed by atoms with Crippen LogP contribution in [0.3, 0.4) is 0 Å². The highest BCUT2D eigenvalue weighted by atomic mass is 16.3. The van der Waals surface area contributed by atoms with Crippen LogP contribution in [0, 0.1) is 5.41 Å². The second-order valence-electron chi connectivity index (χ2n) is 5.01. The van der Waals surface area contributed by atoms with Crippen LogP contribution in [0.25, 0.3) is 0 Å². The lowest BCUT2D eigenvalue weighted by Gasteiger charge is -2.35. The maximum atomic E-state index is 9.74. The summed E-state index contributed by atoms with van der Waals surface area (Å²) in [6.07, 6.45) is -0.301. The van der Waals surface area contributed by atoms with Crippen molar-refractivity contribution >= 4 is 5.69 Å². The van der Waals surface area contributed by atoms with Crippen molar-refractivity contribution in [3.05, 3.63) is 30.3 Å². The molecule has 16 heavy (non-hydrogen) atoms. The first-order valence-electron chi connectivity index (χ1n) is 5.95. The van der Waals surface area contributed by atoms with Crippen LogP contribution in [-0.2, 0) is 0 Å². The Balaban J connectivity index is 2.78. The molecule has 1 aromatic carbocycles. The van der Waals surface area contributed by atoms with Crippen molar-refractivity contribution in [2.45, 2.75) is 33.8 Å². The highest BCUT2D eigenvalue weighted by Gasteiger charge is 2.26. The van der Waals surface area contributed by atoms with E-state index >= 15 is 0 Å². The van der Waals surface area contributed by atoms with Crippen molar-refractivity contribution in [3.8, 4) is 0 Å². The second-order valence-corrected chi connectivity index (χ2v) is 5.01. The number of aliphatic hydroxyl groups is 1. The Labute approximate surface area is 98.9 Å². The standard InChI is InChI=1S/C14H23NO/c1-5-15(11-14(3,4)12(2)16)13-9-7-6-8-10-13/h6-10,12,16H,5,11H2,1-4H3. The van der Waals surface area contributed by atoms with E-state index in [9.17, 15) is 5.11 Å². The van der Waals surface area contributed by atoms with Crippen LogP contribution in [0.15, 0.2) is 30.3 Å². The number of rotatable bonds is 5. The van der Waals surface area contributed by atoms with Gasteiger partial charge in [0.2, 0.25) is 0 Å². The molecule has 0 aliphatic heterocycles. The van der Waals surface area contributed by atoms with Gasteiger partial charge in [-0.15, -0.1) is 0 Å². The molecule has 0 aliphatic carbocycles. The molecule has 1 aromatic rings. The molecular formula is C14H23NO. The number of hydrogen-bond acceptors (Lipinski definition) is 2. The van der Waals surface area contributed by atoms with Gasteiger partial charge in [0.1, 0.15) is 0 Å². The highest BCUT2D eigenvalue weighted by molar-refractivity contribution is 5.46. The monoisotopic (exact) mass is 221 g/mol. The molecule has 1 unspecified atom stereocenters. The quantitative estimate of drug-likeness (QED) is 0.826. The zero-order chi connectivity index (χ0) is 12.2. The van der Waals surface area contributed by atoms with Crippen molar-refractivity contribution in [1.29, 1.82) is 0 Å². The fourth-order valence-electron chi connectivity index (χ4n) is 1.65. The van der Waals surface area contributed by atoms with Gasteiger partial charge in [-0.05, 0) is 26.0 Å². The minimum Gasteiger partial charge on any atom is -0.393 e. The molecule has 0 radical (unpaired) electrons. The number of hydrogen-bond donors (Lipinski definition) is 1. The molecule has 0 saturated heterocycles. The van der Waals surface area contributed by atoms with E-state index in [1.807, 2.05) is 25.1 Å². The molecule has 0 aliphatic rings. The fraction of sp³-hybridized carbons (Fsp3) is 0.571. The topological polar surface area (TPSA) is 23.5 Å². The smallest absolute Gasteiger partial charge is 0.0579 e. The molecular weight excluding hydrogens is 198 g/mol. The summed E-state index contributed by atoms with van der Waals surface area (Å²) in [5.41, 5.74) is 1.13. The fourth-order valence-corrected chi connectivity index (χ4v) is 1.65. The van der Waals surface area contributed by atoms with Gasteiger partial charge in [-0.3, -0.25) is 0 Å². The van der Waals surface area contributed by atoms with Gasteiger partial charge in [-0.25, -0.2) is 0 Å². The first kappa shape index (κ1) is 13.0. The van der Waals surface area contributed by atoms with E-state index in [2.05, 4.69) is 37.8 Å². The number of para-hydroxylation sites is 1. The SMILES string of the molecule is CCN(CC(C)(C)C(C)O)c1ccccc1. The minimum absolute atomic E-state index is 0.0914. The van der Waals surface area contributed by atoms with Gasteiger partial charge in [-0.1, -0.05) is 32.0 Å². The average molecular weight is 221 g/mol. The molecule has 0 saturated carbocycles.